The fourth-order valence-corrected chi connectivity index (χ4v) is 3.68. The average Bonchev–Trinajstić information content (AvgIpc) is 2.74. The summed E-state index contributed by atoms with van der Waals surface area (Å²) < 4.78 is 5.42. The third-order valence-electron chi connectivity index (χ3n) is 4.76. The highest BCUT2D eigenvalue weighted by Gasteiger charge is 2.42. The van der Waals surface area contributed by atoms with Gasteiger partial charge in [-0.3, -0.25) is 0 Å². The lowest BCUT2D eigenvalue weighted by Gasteiger charge is -2.36. The van der Waals surface area contributed by atoms with E-state index in [1.807, 2.05) is 35.2 Å². The van der Waals surface area contributed by atoms with Crippen LogP contribution in [0.4, 0.5) is 4.79 Å². The third-order valence-corrected chi connectivity index (χ3v) is 4.76. The van der Waals surface area contributed by atoms with Crippen LogP contribution in [0.25, 0.3) is 0 Å². The molecule has 1 saturated carbocycles. The van der Waals surface area contributed by atoms with Gasteiger partial charge in [-0.1, -0.05) is 30.3 Å². The molecular weight excluding hydrogens is 252 g/mol. The summed E-state index contributed by atoms with van der Waals surface area (Å²) in [6, 6.07) is 9.81. The summed E-state index contributed by atoms with van der Waals surface area (Å²) in [7, 11) is 0. The van der Waals surface area contributed by atoms with Crippen LogP contribution in [0.3, 0.4) is 0 Å². The Morgan fingerprint density at radius 2 is 1.85 bits per heavy atom. The molecular formula is C16H22N2O2. The molecule has 1 aromatic carbocycles. The number of rotatable bonds is 3. The summed E-state index contributed by atoms with van der Waals surface area (Å²) in [4.78, 5) is 14.0. The van der Waals surface area contributed by atoms with Gasteiger partial charge in [0.05, 0.1) is 0 Å². The first-order valence-electron chi connectivity index (χ1n) is 7.43. The number of amides is 1. The zero-order chi connectivity index (χ0) is 13.9. The number of carbonyl (C=O) groups is 1. The molecule has 1 amide bonds. The number of nitrogens with zero attached hydrogens (tertiary/aromatic N) is 1. The standard InChI is InChI=1S/C16H22N2O2/c17-8-15-13-6-7-14(15)10-18(9-13)16(19)20-11-12-4-2-1-3-5-12/h1-5,13-15H,6-11,17H2. The van der Waals surface area contributed by atoms with Crippen molar-refractivity contribution in [3.63, 3.8) is 0 Å². The van der Waals surface area contributed by atoms with Gasteiger partial charge in [0.25, 0.3) is 0 Å². The molecule has 2 atom stereocenters. The van der Waals surface area contributed by atoms with Crippen molar-refractivity contribution >= 4 is 6.09 Å². The van der Waals surface area contributed by atoms with Crippen LogP contribution in [0.1, 0.15) is 18.4 Å². The Bertz CT molecular complexity index is 449. The number of fused-ring (bicyclic) bond motifs is 2. The molecule has 0 spiro atoms. The summed E-state index contributed by atoms with van der Waals surface area (Å²) >= 11 is 0. The van der Waals surface area contributed by atoms with Crippen LogP contribution in [0.5, 0.6) is 0 Å². The molecule has 2 unspecified atom stereocenters. The highest BCUT2D eigenvalue weighted by molar-refractivity contribution is 5.67. The van der Waals surface area contributed by atoms with E-state index in [-0.39, 0.29) is 6.09 Å². The van der Waals surface area contributed by atoms with Crippen molar-refractivity contribution in [1.29, 1.82) is 0 Å². The second kappa shape index (κ2) is 5.83. The van der Waals surface area contributed by atoms with E-state index in [2.05, 4.69) is 0 Å². The number of hydrogen-bond acceptors (Lipinski definition) is 3. The quantitative estimate of drug-likeness (QED) is 0.919. The minimum Gasteiger partial charge on any atom is -0.445 e. The maximum absolute atomic E-state index is 12.2. The van der Waals surface area contributed by atoms with E-state index in [0.717, 1.165) is 25.2 Å². The number of benzene rings is 1. The SMILES string of the molecule is NCC1C2CCC1CN(C(=O)OCc1ccccc1)C2. The average molecular weight is 274 g/mol. The number of nitrogens with two attached hydrogens (primary N) is 1. The van der Waals surface area contributed by atoms with Gasteiger partial charge in [0.2, 0.25) is 0 Å². The minimum absolute atomic E-state index is 0.179. The van der Waals surface area contributed by atoms with Crippen molar-refractivity contribution in [3.05, 3.63) is 35.9 Å². The molecule has 2 N–H and O–H groups in total. The summed E-state index contributed by atoms with van der Waals surface area (Å²) in [5.41, 5.74) is 6.87. The van der Waals surface area contributed by atoms with Gasteiger partial charge in [-0.15, -0.1) is 0 Å². The Morgan fingerprint density at radius 1 is 1.20 bits per heavy atom. The lowest BCUT2D eigenvalue weighted by Crippen LogP contribution is -2.47. The summed E-state index contributed by atoms with van der Waals surface area (Å²) in [6.45, 7) is 2.73. The van der Waals surface area contributed by atoms with E-state index in [1.54, 1.807) is 0 Å². The monoisotopic (exact) mass is 274 g/mol. The van der Waals surface area contributed by atoms with E-state index < -0.39 is 0 Å². The normalized spacial score (nSPS) is 28.4. The molecule has 2 aliphatic rings. The van der Waals surface area contributed by atoms with E-state index in [9.17, 15) is 4.79 Å². The van der Waals surface area contributed by atoms with E-state index >= 15 is 0 Å². The van der Waals surface area contributed by atoms with E-state index in [0.29, 0.717) is 24.4 Å². The topological polar surface area (TPSA) is 55.6 Å². The maximum atomic E-state index is 12.2. The first kappa shape index (κ1) is 13.4. The van der Waals surface area contributed by atoms with Gasteiger partial charge in [-0.05, 0) is 42.7 Å². The summed E-state index contributed by atoms with van der Waals surface area (Å²) in [5, 5.41) is 0. The van der Waals surface area contributed by atoms with Crippen LogP contribution < -0.4 is 5.73 Å². The van der Waals surface area contributed by atoms with Crippen molar-refractivity contribution in [3.8, 4) is 0 Å². The van der Waals surface area contributed by atoms with Crippen molar-refractivity contribution in [1.82, 2.24) is 4.90 Å². The zero-order valence-corrected chi connectivity index (χ0v) is 11.7. The first-order valence-corrected chi connectivity index (χ1v) is 7.43. The van der Waals surface area contributed by atoms with Crippen LogP contribution in [0.15, 0.2) is 30.3 Å². The number of carbonyl (C=O) groups excluding carboxylic acids is 1. The van der Waals surface area contributed by atoms with E-state index in [1.165, 1.54) is 12.8 Å². The molecule has 0 radical (unpaired) electrons. The van der Waals surface area contributed by atoms with Gasteiger partial charge in [0, 0.05) is 13.1 Å². The third kappa shape index (κ3) is 2.66. The minimum atomic E-state index is -0.179. The van der Waals surface area contributed by atoms with Crippen LogP contribution in [0.2, 0.25) is 0 Å². The lowest BCUT2D eigenvalue weighted by molar-refractivity contribution is 0.0615. The Hall–Kier alpha value is -1.55. The van der Waals surface area contributed by atoms with Crippen molar-refractivity contribution < 1.29 is 9.53 Å². The summed E-state index contributed by atoms with van der Waals surface area (Å²) in [5.74, 6) is 1.75. The molecule has 4 nitrogen and oxygen atoms in total. The number of ether oxygens (including phenoxy) is 1. The van der Waals surface area contributed by atoms with Crippen molar-refractivity contribution in [2.45, 2.75) is 19.4 Å². The molecule has 1 heterocycles. The van der Waals surface area contributed by atoms with Gasteiger partial charge in [0.15, 0.2) is 0 Å². The zero-order valence-electron chi connectivity index (χ0n) is 11.7. The smallest absolute Gasteiger partial charge is 0.410 e. The van der Waals surface area contributed by atoms with Gasteiger partial charge in [-0.2, -0.15) is 0 Å². The molecule has 0 aromatic heterocycles. The predicted octanol–water partition coefficient (Wildman–Crippen LogP) is 2.24. The molecule has 2 bridgehead atoms. The second-order valence-electron chi connectivity index (χ2n) is 5.94. The summed E-state index contributed by atoms with van der Waals surface area (Å²) in [6.07, 6.45) is 2.23. The van der Waals surface area contributed by atoms with Crippen molar-refractivity contribution in [2.75, 3.05) is 19.6 Å². The highest BCUT2D eigenvalue weighted by Crippen LogP contribution is 2.41. The Morgan fingerprint density at radius 3 is 2.45 bits per heavy atom. The number of hydrogen-bond donors (Lipinski definition) is 1. The largest absolute Gasteiger partial charge is 0.445 e. The van der Waals surface area contributed by atoms with Gasteiger partial charge < -0.3 is 15.4 Å². The Labute approximate surface area is 119 Å². The number of likely N-dealkylation sites (tertiary alicyclic amines) is 1. The van der Waals surface area contributed by atoms with Crippen LogP contribution in [0, 0.1) is 17.8 Å². The van der Waals surface area contributed by atoms with Gasteiger partial charge in [-0.25, -0.2) is 4.79 Å². The van der Waals surface area contributed by atoms with Gasteiger partial charge >= 0.3 is 6.09 Å². The number of piperidine rings is 1. The first-order chi connectivity index (χ1) is 9.78. The predicted molar refractivity (Wildman–Crippen MR) is 77.0 cm³/mol. The fourth-order valence-electron chi connectivity index (χ4n) is 3.68. The lowest BCUT2D eigenvalue weighted by atomic mass is 9.85. The Balaban J connectivity index is 1.54. The molecule has 1 aliphatic heterocycles. The van der Waals surface area contributed by atoms with Crippen LogP contribution >= 0.6 is 0 Å². The molecule has 2 fully saturated rings. The molecule has 108 valence electrons. The second-order valence-corrected chi connectivity index (χ2v) is 5.94. The molecule has 4 heteroatoms. The van der Waals surface area contributed by atoms with Crippen LogP contribution in [-0.4, -0.2) is 30.6 Å². The highest BCUT2D eigenvalue weighted by atomic mass is 16.6. The molecule has 20 heavy (non-hydrogen) atoms. The molecule has 1 aliphatic carbocycles. The fraction of sp³-hybridized carbons (Fsp3) is 0.562. The van der Waals surface area contributed by atoms with Gasteiger partial charge in [0.1, 0.15) is 6.61 Å². The van der Waals surface area contributed by atoms with E-state index in [4.69, 9.17) is 10.5 Å². The van der Waals surface area contributed by atoms with Crippen molar-refractivity contribution in [2.24, 2.45) is 23.5 Å². The molecule has 1 saturated heterocycles. The molecule has 1 aromatic rings. The van der Waals surface area contributed by atoms with Crippen LogP contribution in [-0.2, 0) is 11.3 Å². The maximum Gasteiger partial charge on any atom is 0.410 e. The Kier molecular flexibility index (Phi) is 3.92. The molecule has 3 rings (SSSR count).